The number of ether oxygens (including phenoxy) is 1. The number of carbonyl (C=O) groups excluding carboxylic acids is 1. The topological polar surface area (TPSA) is 41.6 Å². The largest absolute Gasteiger partial charge is 0.496 e. The Hall–Kier alpha value is -1.55. The fourth-order valence-corrected chi connectivity index (χ4v) is 2.43. The van der Waals surface area contributed by atoms with E-state index in [2.05, 4.69) is 11.4 Å². The Labute approximate surface area is 114 Å². The summed E-state index contributed by atoms with van der Waals surface area (Å²) in [4.78, 5) is 13.1. The molecule has 1 aromatic carbocycles. The highest BCUT2D eigenvalue weighted by Crippen LogP contribution is 2.40. The van der Waals surface area contributed by atoms with Gasteiger partial charge in [0.05, 0.1) is 13.7 Å². The molecule has 4 nitrogen and oxygen atoms in total. The van der Waals surface area contributed by atoms with Crippen LogP contribution in [0.2, 0.25) is 0 Å². The maximum absolute atomic E-state index is 11.5. The Morgan fingerprint density at radius 1 is 1.37 bits per heavy atom. The first-order valence-electron chi connectivity index (χ1n) is 6.68. The molecule has 0 heterocycles. The summed E-state index contributed by atoms with van der Waals surface area (Å²) in [7, 11) is 5.27. The number of hydrogen-bond donors (Lipinski definition) is 1. The summed E-state index contributed by atoms with van der Waals surface area (Å²) in [5, 5.41) is 3.31. The van der Waals surface area contributed by atoms with Gasteiger partial charge in [-0.25, -0.2) is 0 Å². The molecule has 0 aliphatic heterocycles. The van der Waals surface area contributed by atoms with Gasteiger partial charge in [-0.15, -0.1) is 0 Å². The summed E-state index contributed by atoms with van der Waals surface area (Å²) in [5.74, 6) is 1.64. The van der Waals surface area contributed by atoms with E-state index in [1.54, 1.807) is 26.1 Å². The zero-order valence-electron chi connectivity index (χ0n) is 11.8. The molecule has 1 fully saturated rings. The number of likely N-dealkylation sites (N-methyl/N-ethyl adjacent to an activating group) is 1. The lowest BCUT2D eigenvalue weighted by Crippen LogP contribution is -2.44. The van der Waals surface area contributed by atoms with Crippen LogP contribution in [0.15, 0.2) is 24.3 Å². The second-order valence-corrected chi connectivity index (χ2v) is 5.28. The molecule has 1 amide bonds. The summed E-state index contributed by atoms with van der Waals surface area (Å²) in [6, 6.07) is 8.62. The Bertz CT molecular complexity index is 440. The first kappa shape index (κ1) is 13.9. The molecule has 4 heteroatoms. The van der Waals surface area contributed by atoms with E-state index < -0.39 is 0 Å². The summed E-state index contributed by atoms with van der Waals surface area (Å²) in [6.07, 6.45) is 2.14. The minimum atomic E-state index is 0.126. The molecule has 19 heavy (non-hydrogen) atoms. The monoisotopic (exact) mass is 262 g/mol. The quantitative estimate of drug-likeness (QED) is 0.876. The van der Waals surface area contributed by atoms with Gasteiger partial charge in [0.1, 0.15) is 5.75 Å². The fraction of sp³-hybridized carbons (Fsp3) is 0.533. The van der Waals surface area contributed by atoms with Crippen molar-refractivity contribution in [1.82, 2.24) is 10.2 Å². The van der Waals surface area contributed by atoms with E-state index >= 15 is 0 Å². The van der Waals surface area contributed by atoms with E-state index in [0.717, 1.165) is 18.6 Å². The van der Waals surface area contributed by atoms with Gasteiger partial charge in [-0.2, -0.15) is 0 Å². The summed E-state index contributed by atoms with van der Waals surface area (Å²) >= 11 is 0. The molecular weight excluding hydrogens is 240 g/mol. The molecule has 0 bridgehead atoms. The molecule has 1 aromatic rings. The van der Waals surface area contributed by atoms with E-state index in [1.165, 1.54) is 5.56 Å². The van der Waals surface area contributed by atoms with Crippen LogP contribution >= 0.6 is 0 Å². The maximum atomic E-state index is 11.5. The van der Waals surface area contributed by atoms with Crippen molar-refractivity contribution < 1.29 is 9.53 Å². The van der Waals surface area contributed by atoms with E-state index in [0.29, 0.717) is 18.5 Å². The minimum absolute atomic E-state index is 0.126. The number of nitrogens with one attached hydrogen (secondary N) is 1. The first-order valence-corrected chi connectivity index (χ1v) is 6.68. The van der Waals surface area contributed by atoms with Crippen molar-refractivity contribution in [2.75, 3.05) is 27.7 Å². The summed E-state index contributed by atoms with van der Waals surface area (Å²) in [6.45, 7) is 0.427. The van der Waals surface area contributed by atoms with Crippen LogP contribution in [0, 0.1) is 0 Å². The Morgan fingerprint density at radius 2 is 2.05 bits per heavy atom. The van der Waals surface area contributed by atoms with Gasteiger partial charge >= 0.3 is 0 Å². The predicted octanol–water partition coefficient (Wildman–Crippen LogP) is 1.62. The van der Waals surface area contributed by atoms with Gasteiger partial charge in [0, 0.05) is 20.1 Å². The van der Waals surface area contributed by atoms with Crippen LogP contribution in [0.5, 0.6) is 5.75 Å². The van der Waals surface area contributed by atoms with Gasteiger partial charge in [0.15, 0.2) is 0 Å². The molecule has 0 unspecified atom stereocenters. The van der Waals surface area contributed by atoms with Crippen molar-refractivity contribution in [2.24, 2.45) is 0 Å². The van der Waals surface area contributed by atoms with Crippen molar-refractivity contribution >= 4 is 5.91 Å². The van der Waals surface area contributed by atoms with Crippen LogP contribution in [-0.2, 0) is 4.79 Å². The van der Waals surface area contributed by atoms with Gasteiger partial charge in [-0.1, -0.05) is 18.2 Å². The Kier molecular flexibility index (Phi) is 4.43. The second-order valence-electron chi connectivity index (χ2n) is 5.28. The number of carbonyl (C=O) groups is 1. The number of hydrogen-bond acceptors (Lipinski definition) is 3. The summed E-state index contributed by atoms with van der Waals surface area (Å²) < 4.78 is 5.39. The Morgan fingerprint density at radius 3 is 2.68 bits per heavy atom. The standard InChI is InChI=1S/C15H22N2O2/c1-17(2)15(18)10-16-12-8-11(9-12)13-6-4-5-7-14(13)19-3/h4-7,11-12,16H,8-10H2,1-3H3. The SMILES string of the molecule is COc1ccccc1C1CC(NCC(=O)N(C)C)C1. The third kappa shape index (κ3) is 3.26. The molecule has 104 valence electrons. The second kappa shape index (κ2) is 6.06. The lowest BCUT2D eigenvalue weighted by molar-refractivity contribution is -0.128. The number of methoxy groups -OCH3 is 1. The minimum Gasteiger partial charge on any atom is -0.496 e. The van der Waals surface area contributed by atoms with Crippen molar-refractivity contribution in [2.45, 2.75) is 24.8 Å². The van der Waals surface area contributed by atoms with Crippen LogP contribution in [0.3, 0.4) is 0 Å². The van der Waals surface area contributed by atoms with Gasteiger partial charge in [0.2, 0.25) is 5.91 Å². The van der Waals surface area contributed by atoms with Gasteiger partial charge < -0.3 is 15.0 Å². The van der Waals surface area contributed by atoms with Gasteiger partial charge in [-0.05, 0) is 30.4 Å². The molecular formula is C15H22N2O2. The molecule has 1 aliphatic rings. The van der Waals surface area contributed by atoms with E-state index in [-0.39, 0.29) is 5.91 Å². The third-order valence-electron chi connectivity index (χ3n) is 3.76. The van der Waals surface area contributed by atoms with Crippen LogP contribution in [-0.4, -0.2) is 44.6 Å². The smallest absolute Gasteiger partial charge is 0.236 e. The molecule has 0 saturated heterocycles. The van der Waals surface area contributed by atoms with Crippen molar-refractivity contribution in [3.05, 3.63) is 29.8 Å². The predicted molar refractivity (Wildman–Crippen MR) is 75.5 cm³/mol. The number of para-hydroxylation sites is 1. The summed E-state index contributed by atoms with van der Waals surface area (Å²) in [5.41, 5.74) is 1.28. The van der Waals surface area contributed by atoms with Crippen LogP contribution < -0.4 is 10.1 Å². The highest BCUT2D eigenvalue weighted by molar-refractivity contribution is 5.77. The number of rotatable bonds is 5. The van der Waals surface area contributed by atoms with Crippen LogP contribution in [0.1, 0.15) is 24.3 Å². The number of nitrogens with zero attached hydrogens (tertiary/aromatic N) is 1. The highest BCUT2D eigenvalue weighted by Gasteiger charge is 2.31. The van der Waals surface area contributed by atoms with E-state index in [4.69, 9.17) is 4.74 Å². The lowest BCUT2D eigenvalue weighted by Gasteiger charge is -2.37. The Balaban J connectivity index is 1.81. The number of benzene rings is 1. The number of amides is 1. The first-order chi connectivity index (χ1) is 9.11. The van der Waals surface area contributed by atoms with Crippen LogP contribution in [0.25, 0.3) is 0 Å². The zero-order valence-corrected chi connectivity index (χ0v) is 11.8. The van der Waals surface area contributed by atoms with E-state index in [9.17, 15) is 4.79 Å². The molecule has 0 radical (unpaired) electrons. The average molecular weight is 262 g/mol. The van der Waals surface area contributed by atoms with Gasteiger partial charge in [-0.3, -0.25) is 4.79 Å². The molecule has 0 aromatic heterocycles. The molecule has 1 saturated carbocycles. The highest BCUT2D eigenvalue weighted by atomic mass is 16.5. The van der Waals surface area contributed by atoms with Crippen molar-refractivity contribution in [3.8, 4) is 5.75 Å². The average Bonchev–Trinajstić information content (AvgIpc) is 2.36. The molecule has 1 aliphatic carbocycles. The van der Waals surface area contributed by atoms with Crippen LogP contribution in [0.4, 0.5) is 0 Å². The van der Waals surface area contributed by atoms with E-state index in [1.807, 2.05) is 18.2 Å². The molecule has 1 N–H and O–H groups in total. The van der Waals surface area contributed by atoms with Gasteiger partial charge in [0.25, 0.3) is 0 Å². The molecule has 2 rings (SSSR count). The maximum Gasteiger partial charge on any atom is 0.236 e. The molecule has 0 atom stereocenters. The molecule has 0 spiro atoms. The lowest BCUT2D eigenvalue weighted by atomic mass is 9.75. The zero-order chi connectivity index (χ0) is 13.8. The fourth-order valence-electron chi connectivity index (χ4n) is 2.43. The van der Waals surface area contributed by atoms with Crippen molar-refractivity contribution in [1.29, 1.82) is 0 Å². The third-order valence-corrected chi connectivity index (χ3v) is 3.76. The van der Waals surface area contributed by atoms with Crippen molar-refractivity contribution in [3.63, 3.8) is 0 Å². The normalized spacial score (nSPS) is 21.6.